The van der Waals surface area contributed by atoms with Gasteiger partial charge in [0.05, 0.1) is 22.8 Å². The van der Waals surface area contributed by atoms with Crippen molar-refractivity contribution in [3.05, 3.63) is 65.2 Å². The third-order valence-electron chi connectivity index (χ3n) is 3.04. The summed E-state index contributed by atoms with van der Waals surface area (Å²) in [4.78, 5) is 23.5. The van der Waals surface area contributed by atoms with Gasteiger partial charge in [-0.1, -0.05) is 12.1 Å². The van der Waals surface area contributed by atoms with Gasteiger partial charge in [-0.2, -0.15) is 18.4 Å². The van der Waals surface area contributed by atoms with E-state index in [1.54, 1.807) is 0 Å². The Kier molecular flexibility index (Phi) is 5.39. The van der Waals surface area contributed by atoms with E-state index >= 15 is 0 Å². The van der Waals surface area contributed by atoms with Crippen LogP contribution in [0.2, 0.25) is 0 Å². The fraction of sp³-hybridized carbons (Fsp3) is 0.118. The molecule has 128 valence electrons. The summed E-state index contributed by atoms with van der Waals surface area (Å²) in [7, 11) is 0. The molecule has 1 N–H and O–H groups in total. The second-order valence-electron chi connectivity index (χ2n) is 4.90. The number of nitriles is 1. The molecule has 0 spiro atoms. The number of alkyl halides is 3. The predicted octanol–water partition coefficient (Wildman–Crippen LogP) is 3.37. The zero-order chi connectivity index (χ0) is 18.4. The Morgan fingerprint density at radius 3 is 2.52 bits per heavy atom. The molecule has 0 fully saturated rings. The Morgan fingerprint density at radius 1 is 1.12 bits per heavy atom. The third kappa shape index (κ3) is 5.07. The molecule has 0 aromatic heterocycles. The minimum Gasteiger partial charge on any atom is -0.452 e. The summed E-state index contributed by atoms with van der Waals surface area (Å²) in [6, 6.07) is 11.6. The van der Waals surface area contributed by atoms with Gasteiger partial charge in [-0.05, 0) is 36.4 Å². The van der Waals surface area contributed by atoms with Crippen LogP contribution in [-0.4, -0.2) is 18.5 Å². The number of carbonyl (C=O) groups excluding carboxylic acids is 2. The SMILES string of the molecule is N#Cc1cccc(C(=O)OCC(=O)Nc2cccc(C(F)(F)F)c2)c1. The number of rotatable bonds is 4. The van der Waals surface area contributed by atoms with Crippen molar-refractivity contribution in [1.82, 2.24) is 0 Å². The Labute approximate surface area is 140 Å². The standard InChI is InChI=1S/C17H11F3N2O3/c18-17(19,20)13-5-2-6-14(8-13)22-15(23)10-25-16(24)12-4-1-3-11(7-12)9-21/h1-8H,10H2,(H,22,23). The fourth-order valence-electron chi connectivity index (χ4n) is 1.90. The second-order valence-corrected chi connectivity index (χ2v) is 4.90. The van der Waals surface area contributed by atoms with E-state index in [0.29, 0.717) is 0 Å². The molecule has 0 aliphatic carbocycles. The van der Waals surface area contributed by atoms with Gasteiger partial charge in [0.1, 0.15) is 0 Å². The minimum atomic E-state index is -4.53. The summed E-state index contributed by atoms with van der Waals surface area (Å²) in [5.41, 5.74) is -0.633. The number of halogens is 3. The third-order valence-corrected chi connectivity index (χ3v) is 3.04. The second kappa shape index (κ2) is 7.49. The average molecular weight is 348 g/mol. The number of nitrogens with one attached hydrogen (secondary N) is 1. The van der Waals surface area contributed by atoms with Gasteiger partial charge in [0.2, 0.25) is 0 Å². The lowest BCUT2D eigenvalue weighted by molar-refractivity contribution is -0.137. The van der Waals surface area contributed by atoms with Gasteiger partial charge in [-0.15, -0.1) is 0 Å². The molecule has 0 bridgehead atoms. The first-order valence-corrected chi connectivity index (χ1v) is 6.94. The molecule has 2 aromatic carbocycles. The topological polar surface area (TPSA) is 79.2 Å². The first-order chi connectivity index (χ1) is 11.8. The lowest BCUT2D eigenvalue weighted by Crippen LogP contribution is -2.21. The number of nitrogens with zero attached hydrogens (tertiary/aromatic N) is 1. The maximum atomic E-state index is 12.6. The van der Waals surface area contributed by atoms with E-state index in [2.05, 4.69) is 5.32 Å². The van der Waals surface area contributed by atoms with E-state index in [1.807, 2.05) is 6.07 Å². The lowest BCUT2D eigenvalue weighted by atomic mass is 10.1. The molecule has 0 aliphatic rings. The summed E-state index contributed by atoms with van der Waals surface area (Å²) in [6.07, 6.45) is -4.53. The van der Waals surface area contributed by atoms with Crippen LogP contribution in [-0.2, 0) is 15.7 Å². The molecule has 0 atom stereocenters. The molecule has 2 rings (SSSR count). The van der Waals surface area contributed by atoms with Crippen LogP contribution in [0.3, 0.4) is 0 Å². The van der Waals surface area contributed by atoms with Crippen molar-refractivity contribution >= 4 is 17.6 Å². The first-order valence-electron chi connectivity index (χ1n) is 6.94. The minimum absolute atomic E-state index is 0.0673. The van der Waals surface area contributed by atoms with Gasteiger partial charge >= 0.3 is 12.1 Å². The van der Waals surface area contributed by atoms with Crippen LogP contribution in [0.4, 0.5) is 18.9 Å². The molecule has 0 saturated heterocycles. The van der Waals surface area contributed by atoms with Crippen molar-refractivity contribution in [3.8, 4) is 6.07 Å². The van der Waals surface area contributed by atoms with E-state index in [1.165, 1.54) is 30.3 Å². The predicted molar refractivity (Wildman–Crippen MR) is 81.5 cm³/mol. The van der Waals surface area contributed by atoms with Crippen LogP contribution < -0.4 is 5.32 Å². The summed E-state index contributed by atoms with van der Waals surface area (Å²) in [6.45, 7) is -0.675. The van der Waals surface area contributed by atoms with Gasteiger partial charge in [-0.25, -0.2) is 4.79 Å². The van der Waals surface area contributed by atoms with Crippen molar-refractivity contribution in [2.75, 3.05) is 11.9 Å². The highest BCUT2D eigenvalue weighted by molar-refractivity contribution is 5.95. The average Bonchev–Trinajstić information content (AvgIpc) is 2.59. The number of amides is 1. The summed E-state index contributed by atoms with van der Waals surface area (Å²) < 4.78 is 42.6. The van der Waals surface area contributed by atoms with Gasteiger partial charge in [0.15, 0.2) is 6.61 Å². The first kappa shape index (κ1) is 18.0. The number of anilines is 1. The van der Waals surface area contributed by atoms with Gasteiger partial charge in [0.25, 0.3) is 5.91 Å². The van der Waals surface area contributed by atoms with E-state index < -0.39 is 30.2 Å². The summed E-state index contributed by atoms with van der Waals surface area (Å²) >= 11 is 0. The van der Waals surface area contributed by atoms with Crippen LogP contribution in [0.5, 0.6) is 0 Å². The van der Waals surface area contributed by atoms with Crippen molar-refractivity contribution in [2.24, 2.45) is 0 Å². The molecule has 5 nitrogen and oxygen atoms in total. The number of hydrogen-bond acceptors (Lipinski definition) is 4. The van der Waals surface area contributed by atoms with Crippen molar-refractivity contribution < 1.29 is 27.5 Å². The van der Waals surface area contributed by atoms with Crippen LogP contribution in [0.15, 0.2) is 48.5 Å². The number of esters is 1. The van der Waals surface area contributed by atoms with Crippen molar-refractivity contribution in [2.45, 2.75) is 6.18 Å². The quantitative estimate of drug-likeness (QED) is 0.859. The largest absolute Gasteiger partial charge is 0.452 e. The van der Waals surface area contributed by atoms with Gasteiger partial charge < -0.3 is 10.1 Å². The van der Waals surface area contributed by atoms with Crippen LogP contribution in [0.25, 0.3) is 0 Å². The van der Waals surface area contributed by atoms with E-state index in [0.717, 1.165) is 18.2 Å². The number of ether oxygens (including phenoxy) is 1. The molecule has 0 radical (unpaired) electrons. The van der Waals surface area contributed by atoms with E-state index in [4.69, 9.17) is 10.00 Å². The zero-order valence-electron chi connectivity index (χ0n) is 12.6. The summed E-state index contributed by atoms with van der Waals surface area (Å²) in [5.74, 6) is -1.61. The fourth-order valence-corrected chi connectivity index (χ4v) is 1.90. The van der Waals surface area contributed by atoms with Gasteiger partial charge in [-0.3, -0.25) is 4.79 Å². The van der Waals surface area contributed by atoms with E-state index in [-0.39, 0.29) is 16.8 Å². The normalized spacial score (nSPS) is 10.6. The number of benzene rings is 2. The molecule has 0 heterocycles. The smallest absolute Gasteiger partial charge is 0.416 e. The lowest BCUT2D eigenvalue weighted by Gasteiger charge is -2.10. The van der Waals surface area contributed by atoms with Crippen LogP contribution >= 0.6 is 0 Å². The Bertz CT molecular complexity index is 842. The maximum absolute atomic E-state index is 12.6. The Morgan fingerprint density at radius 2 is 1.84 bits per heavy atom. The highest BCUT2D eigenvalue weighted by Gasteiger charge is 2.30. The van der Waals surface area contributed by atoms with Crippen molar-refractivity contribution in [3.63, 3.8) is 0 Å². The maximum Gasteiger partial charge on any atom is 0.416 e. The van der Waals surface area contributed by atoms with Gasteiger partial charge in [0, 0.05) is 5.69 Å². The van der Waals surface area contributed by atoms with Crippen LogP contribution in [0.1, 0.15) is 21.5 Å². The molecule has 1 amide bonds. The monoisotopic (exact) mass is 348 g/mol. The molecular weight excluding hydrogens is 337 g/mol. The Balaban J connectivity index is 1.95. The zero-order valence-corrected chi connectivity index (χ0v) is 12.6. The molecule has 2 aromatic rings. The molecule has 8 heteroatoms. The Hall–Kier alpha value is -3.34. The number of carbonyl (C=O) groups is 2. The van der Waals surface area contributed by atoms with Crippen molar-refractivity contribution in [1.29, 1.82) is 5.26 Å². The highest BCUT2D eigenvalue weighted by Crippen LogP contribution is 2.30. The highest BCUT2D eigenvalue weighted by atomic mass is 19.4. The number of hydrogen-bond donors (Lipinski definition) is 1. The molecule has 0 aliphatic heterocycles. The molecular formula is C17H11F3N2O3. The summed E-state index contributed by atoms with van der Waals surface area (Å²) in [5, 5.41) is 11.0. The molecule has 0 saturated carbocycles. The molecule has 0 unspecified atom stereocenters. The van der Waals surface area contributed by atoms with Crippen LogP contribution in [0, 0.1) is 11.3 Å². The van der Waals surface area contributed by atoms with E-state index in [9.17, 15) is 22.8 Å². The molecule has 25 heavy (non-hydrogen) atoms.